The highest BCUT2D eigenvalue weighted by Gasteiger charge is 2.10. The molecule has 0 spiro atoms. The van der Waals surface area contributed by atoms with Gasteiger partial charge in [-0.2, -0.15) is 0 Å². The first-order valence-corrected chi connectivity index (χ1v) is 6.41. The van der Waals surface area contributed by atoms with Crippen LogP contribution in [0.2, 0.25) is 0 Å². The Kier molecular flexibility index (Phi) is 5.72. The van der Waals surface area contributed by atoms with Crippen LogP contribution in [0.3, 0.4) is 0 Å². The number of nitrogens with one attached hydrogen (secondary N) is 2. The van der Waals surface area contributed by atoms with Gasteiger partial charge in [-0.3, -0.25) is 5.41 Å². The fraction of sp³-hybridized carbons (Fsp3) is 0.231. The molecular formula is C13H17BrN4O. The quantitative estimate of drug-likeness (QED) is 0.337. The van der Waals surface area contributed by atoms with Crippen LogP contribution in [-0.4, -0.2) is 19.2 Å². The molecule has 0 heterocycles. The second-order valence-electron chi connectivity index (χ2n) is 3.98. The zero-order valence-corrected chi connectivity index (χ0v) is 12.5. The van der Waals surface area contributed by atoms with Crippen LogP contribution in [0.1, 0.15) is 12.5 Å². The van der Waals surface area contributed by atoms with Crippen LogP contribution in [0, 0.1) is 10.8 Å². The van der Waals surface area contributed by atoms with Gasteiger partial charge < -0.3 is 15.2 Å². The van der Waals surface area contributed by atoms with Gasteiger partial charge in [-0.25, -0.2) is 5.84 Å². The van der Waals surface area contributed by atoms with E-state index in [0.29, 0.717) is 5.57 Å². The molecule has 0 aliphatic carbocycles. The topological polar surface area (TPSA) is 86.2 Å². The van der Waals surface area contributed by atoms with Crippen LogP contribution in [0.25, 0.3) is 0 Å². The molecule has 6 heteroatoms. The van der Waals surface area contributed by atoms with Crippen LogP contribution in [-0.2, 0) is 11.3 Å². The van der Waals surface area contributed by atoms with E-state index in [4.69, 9.17) is 21.4 Å². The van der Waals surface area contributed by atoms with Crippen molar-refractivity contribution in [2.24, 2.45) is 5.84 Å². The van der Waals surface area contributed by atoms with E-state index in [1.54, 1.807) is 14.0 Å². The molecular weight excluding hydrogens is 308 g/mol. The smallest absolute Gasteiger partial charge is 0.209 e. The van der Waals surface area contributed by atoms with E-state index in [2.05, 4.69) is 15.9 Å². The van der Waals surface area contributed by atoms with Crippen molar-refractivity contribution < 1.29 is 4.74 Å². The normalized spacial score (nSPS) is 11.1. The summed E-state index contributed by atoms with van der Waals surface area (Å²) in [5.41, 5.74) is 2.31. The van der Waals surface area contributed by atoms with E-state index < -0.39 is 0 Å². The number of hydrogen-bond acceptors (Lipinski definition) is 5. The lowest BCUT2D eigenvalue weighted by Gasteiger charge is -2.18. The van der Waals surface area contributed by atoms with E-state index in [9.17, 15) is 0 Å². The molecule has 0 amide bonds. The molecule has 0 aliphatic rings. The molecule has 0 radical (unpaired) electrons. The first-order chi connectivity index (χ1) is 8.97. The van der Waals surface area contributed by atoms with Gasteiger partial charge >= 0.3 is 0 Å². The Labute approximate surface area is 121 Å². The van der Waals surface area contributed by atoms with Gasteiger partial charge in [-0.1, -0.05) is 22.0 Å². The van der Waals surface area contributed by atoms with Gasteiger partial charge in [-0.15, -0.1) is 0 Å². The van der Waals surface area contributed by atoms with Gasteiger partial charge in [0.1, 0.15) is 6.61 Å². The molecule has 4 N–H and O–H groups in total. The third-order valence-corrected chi connectivity index (χ3v) is 3.27. The molecule has 0 aliphatic heterocycles. The van der Waals surface area contributed by atoms with E-state index in [1.807, 2.05) is 18.2 Å². The Morgan fingerprint density at radius 3 is 2.79 bits per heavy atom. The largest absolute Gasteiger partial charge is 0.473 e. The van der Waals surface area contributed by atoms with Crippen molar-refractivity contribution in [2.75, 3.05) is 12.1 Å². The number of nitrogens with zero attached hydrogens (tertiary/aromatic N) is 1. The fourth-order valence-electron chi connectivity index (χ4n) is 1.48. The second kappa shape index (κ2) is 7.06. The van der Waals surface area contributed by atoms with E-state index >= 15 is 0 Å². The van der Waals surface area contributed by atoms with Crippen LogP contribution < -0.4 is 10.9 Å². The van der Waals surface area contributed by atoms with Gasteiger partial charge in [0.25, 0.3) is 0 Å². The van der Waals surface area contributed by atoms with Crippen molar-refractivity contribution in [2.45, 2.75) is 13.5 Å². The highest BCUT2D eigenvalue weighted by molar-refractivity contribution is 9.10. The number of rotatable bonds is 5. The maximum absolute atomic E-state index is 7.74. The first kappa shape index (κ1) is 15.4. The predicted molar refractivity (Wildman–Crippen MR) is 81.8 cm³/mol. The monoisotopic (exact) mass is 324 g/mol. The highest BCUT2D eigenvalue weighted by Crippen LogP contribution is 2.27. The van der Waals surface area contributed by atoms with Gasteiger partial charge in [-0.05, 0) is 25.1 Å². The van der Waals surface area contributed by atoms with Crippen LogP contribution in [0.15, 0.2) is 34.3 Å². The minimum absolute atomic E-state index is 0.0462. The Hall–Kier alpha value is -1.66. The number of hydrazine groups is 1. The van der Waals surface area contributed by atoms with Crippen LogP contribution >= 0.6 is 15.9 Å². The van der Waals surface area contributed by atoms with Gasteiger partial charge in [0.15, 0.2) is 0 Å². The molecule has 0 unspecified atom stereocenters. The summed E-state index contributed by atoms with van der Waals surface area (Å²) in [6.07, 6.45) is 2.64. The van der Waals surface area contributed by atoms with Crippen molar-refractivity contribution >= 4 is 33.7 Å². The number of nitrogens with two attached hydrogens (primary N) is 1. The summed E-state index contributed by atoms with van der Waals surface area (Å²) in [5, 5.41) is 16.2. The summed E-state index contributed by atoms with van der Waals surface area (Å²) in [6, 6.07) is 5.67. The predicted octanol–water partition coefficient (Wildman–Crippen LogP) is 2.85. The lowest BCUT2D eigenvalue weighted by molar-refractivity contribution is 0.289. The van der Waals surface area contributed by atoms with Crippen LogP contribution in [0.4, 0.5) is 5.69 Å². The maximum Gasteiger partial charge on any atom is 0.209 e. The third-order valence-electron chi connectivity index (χ3n) is 2.53. The number of ether oxygens (including phenoxy) is 1. The highest BCUT2D eigenvalue weighted by atomic mass is 79.9. The van der Waals surface area contributed by atoms with Crippen molar-refractivity contribution in [3.63, 3.8) is 0 Å². The number of hydrogen-bond donors (Lipinski definition) is 3. The van der Waals surface area contributed by atoms with Gasteiger partial charge in [0.2, 0.25) is 5.90 Å². The minimum Gasteiger partial charge on any atom is -0.473 e. The molecule has 0 fully saturated rings. The SMILES string of the molecule is C/C(=C/C=N)C(=N)OCc1c(Br)cccc1N(C)N. The Morgan fingerprint density at radius 2 is 2.21 bits per heavy atom. The fourth-order valence-corrected chi connectivity index (χ4v) is 1.95. The lowest BCUT2D eigenvalue weighted by atomic mass is 10.2. The summed E-state index contributed by atoms with van der Waals surface area (Å²) in [4.78, 5) is 0. The summed E-state index contributed by atoms with van der Waals surface area (Å²) in [7, 11) is 1.75. The Bertz CT molecular complexity index is 511. The van der Waals surface area contributed by atoms with Crippen molar-refractivity contribution in [1.82, 2.24) is 0 Å². The molecule has 19 heavy (non-hydrogen) atoms. The lowest BCUT2D eigenvalue weighted by Crippen LogP contribution is -2.26. The van der Waals surface area contributed by atoms with E-state index in [1.165, 1.54) is 11.1 Å². The molecule has 1 aromatic carbocycles. The van der Waals surface area contributed by atoms with Gasteiger partial charge in [0.05, 0.1) is 5.69 Å². The number of anilines is 1. The van der Waals surface area contributed by atoms with E-state index in [0.717, 1.165) is 21.9 Å². The standard InChI is InChI=1S/C13H17BrN4O/c1-9(6-7-15)13(16)19-8-10-11(14)4-3-5-12(10)18(2)17/h3-7,15-16H,8,17H2,1-2H3/b9-6-,15-7?,16-13?. The maximum atomic E-state index is 7.74. The van der Waals surface area contributed by atoms with Crippen molar-refractivity contribution in [3.05, 3.63) is 39.9 Å². The zero-order valence-electron chi connectivity index (χ0n) is 10.9. The molecule has 102 valence electrons. The average Bonchev–Trinajstić information content (AvgIpc) is 2.36. The third kappa shape index (κ3) is 4.18. The summed E-state index contributed by atoms with van der Waals surface area (Å²) in [5.74, 6) is 5.81. The zero-order chi connectivity index (χ0) is 14.4. The Morgan fingerprint density at radius 1 is 1.53 bits per heavy atom. The average molecular weight is 325 g/mol. The number of halogens is 1. The minimum atomic E-state index is 0.0462. The molecule has 0 bridgehead atoms. The molecule has 1 aromatic rings. The van der Waals surface area contributed by atoms with Crippen LogP contribution in [0.5, 0.6) is 0 Å². The van der Waals surface area contributed by atoms with E-state index in [-0.39, 0.29) is 12.5 Å². The summed E-state index contributed by atoms with van der Waals surface area (Å²) in [6.45, 7) is 1.96. The number of allylic oxidation sites excluding steroid dienone is 1. The number of benzene rings is 1. The summed E-state index contributed by atoms with van der Waals surface area (Å²) >= 11 is 3.45. The molecule has 0 saturated carbocycles. The molecule has 0 atom stereocenters. The molecule has 1 rings (SSSR count). The molecule has 0 saturated heterocycles. The first-order valence-electron chi connectivity index (χ1n) is 5.62. The van der Waals surface area contributed by atoms with Crippen molar-refractivity contribution in [3.8, 4) is 0 Å². The second-order valence-corrected chi connectivity index (χ2v) is 4.84. The van der Waals surface area contributed by atoms with Crippen molar-refractivity contribution in [1.29, 1.82) is 10.8 Å². The van der Waals surface area contributed by atoms with Gasteiger partial charge in [0, 0.05) is 28.9 Å². The molecule has 5 nitrogen and oxygen atoms in total. The molecule has 0 aromatic heterocycles. The Balaban J connectivity index is 2.86. The summed E-state index contributed by atoms with van der Waals surface area (Å²) < 4.78 is 6.29.